The van der Waals surface area contributed by atoms with Gasteiger partial charge in [0, 0.05) is 41.3 Å². The second-order valence-corrected chi connectivity index (χ2v) is 8.46. The minimum absolute atomic E-state index is 0.156. The van der Waals surface area contributed by atoms with E-state index in [-0.39, 0.29) is 11.9 Å². The summed E-state index contributed by atoms with van der Waals surface area (Å²) in [6.45, 7) is 2.54. The molecule has 4 rings (SSSR count). The van der Waals surface area contributed by atoms with Crippen LogP contribution in [0.15, 0.2) is 54.9 Å². The van der Waals surface area contributed by atoms with Crippen LogP contribution < -0.4 is 15.4 Å². The highest BCUT2D eigenvalue weighted by Gasteiger charge is 2.25. The Morgan fingerprint density at radius 3 is 2.52 bits per heavy atom. The lowest BCUT2D eigenvalue weighted by atomic mass is 9.92. The molecule has 172 valence electrons. The molecule has 0 spiro atoms. The Bertz CT molecular complexity index is 1080. The number of hydrogen-bond donors (Lipinski definition) is 3. The van der Waals surface area contributed by atoms with E-state index in [1.165, 1.54) is 0 Å². The van der Waals surface area contributed by atoms with E-state index in [2.05, 4.69) is 20.6 Å². The lowest BCUT2D eigenvalue weighted by molar-refractivity contribution is 0.0717. The summed E-state index contributed by atoms with van der Waals surface area (Å²) < 4.78 is 5.19. The second kappa shape index (κ2) is 10.4. The predicted molar refractivity (Wildman–Crippen MR) is 128 cm³/mol. The third kappa shape index (κ3) is 5.68. The SMILES string of the molecule is COc1ccc(-c2ncc(CNc3cc(C(=O)N[C@H]4CCCC[C@@H]4O)ccc3C)cn2)cc1. The van der Waals surface area contributed by atoms with Crippen LogP contribution in [0.5, 0.6) is 5.75 Å². The van der Waals surface area contributed by atoms with Gasteiger partial charge >= 0.3 is 0 Å². The van der Waals surface area contributed by atoms with E-state index >= 15 is 0 Å². The van der Waals surface area contributed by atoms with E-state index in [0.29, 0.717) is 17.9 Å². The van der Waals surface area contributed by atoms with Gasteiger partial charge in [0.1, 0.15) is 5.75 Å². The summed E-state index contributed by atoms with van der Waals surface area (Å²) in [4.78, 5) is 21.7. The molecule has 0 saturated heterocycles. The van der Waals surface area contributed by atoms with Crippen LogP contribution >= 0.6 is 0 Å². The molecule has 1 amide bonds. The van der Waals surface area contributed by atoms with Gasteiger partial charge in [-0.25, -0.2) is 9.97 Å². The highest BCUT2D eigenvalue weighted by atomic mass is 16.5. The Morgan fingerprint density at radius 1 is 1.09 bits per heavy atom. The van der Waals surface area contributed by atoms with E-state index in [1.54, 1.807) is 19.5 Å². The second-order valence-electron chi connectivity index (χ2n) is 8.46. The number of rotatable bonds is 7. The smallest absolute Gasteiger partial charge is 0.251 e. The highest BCUT2D eigenvalue weighted by molar-refractivity contribution is 5.95. The van der Waals surface area contributed by atoms with Crippen LogP contribution in [-0.2, 0) is 6.54 Å². The van der Waals surface area contributed by atoms with Crippen molar-refractivity contribution in [1.82, 2.24) is 15.3 Å². The molecule has 1 aromatic heterocycles. The van der Waals surface area contributed by atoms with Crippen LogP contribution in [-0.4, -0.2) is 40.2 Å². The van der Waals surface area contributed by atoms with Gasteiger partial charge in [0.05, 0.1) is 19.3 Å². The Balaban J connectivity index is 1.39. The average Bonchev–Trinajstić information content (AvgIpc) is 2.85. The van der Waals surface area contributed by atoms with Crippen LogP contribution in [0.3, 0.4) is 0 Å². The normalized spacial score (nSPS) is 17.9. The summed E-state index contributed by atoms with van der Waals surface area (Å²) in [6, 6.07) is 13.0. The number of amides is 1. The van der Waals surface area contributed by atoms with Crippen molar-refractivity contribution in [3.63, 3.8) is 0 Å². The summed E-state index contributed by atoms with van der Waals surface area (Å²) >= 11 is 0. The Hall–Kier alpha value is -3.45. The number of anilines is 1. The molecule has 2 aromatic carbocycles. The van der Waals surface area contributed by atoms with Gasteiger partial charge in [-0.1, -0.05) is 18.9 Å². The monoisotopic (exact) mass is 446 g/mol. The van der Waals surface area contributed by atoms with Crippen molar-refractivity contribution in [1.29, 1.82) is 0 Å². The maximum absolute atomic E-state index is 12.7. The molecule has 1 aliphatic rings. The number of aliphatic hydroxyl groups is 1. The zero-order valence-corrected chi connectivity index (χ0v) is 19.0. The van der Waals surface area contributed by atoms with Crippen molar-refractivity contribution in [3.8, 4) is 17.1 Å². The van der Waals surface area contributed by atoms with Gasteiger partial charge in [0.25, 0.3) is 5.91 Å². The minimum Gasteiger partial charge on any atom is -0.497 e. The summed E-state index contributed by atoms with van der Waals surface area (Å²) in [5.74, 6) is 1.29. The average molecular weight is 447 g/mol. The van der Waals surface area contributed by atoms with E-state index in [9.17, 15) is 9.90 Å². The number of carbonyl (C=O) groups is 1. The molecule has 2 atom stereocenters. The molecule has 3 aromatic rings. The molecule has 0 unspecified atom stereocenters. The lowest BCUT2D eigenvalue weighted by Gasteiger charge is -2.28. The van der Waals surface area contributed by atoms with Crippen molar-refractivity contribution < 1.29 is 14.6 Å². The molecule has 0 aliphatic heterocycles. The third-order valence-electron chi connectivity index (χ3n) is 6.08. The number of ether oxygens (including phenoxy) is 1. The number of carbonyl (C=O) groups excluding carboxylic acids is 1. The van der Waals surface area contributed by atoms with Crippen LogP contribution in [0, 0.1) is 6.92 Å². The number of benzene rings is 2. The fraction of sp³-hybridized carbons (Fsp3) is 0.346. The first-order valence-electron chi connectivity index (χ1n) is 11.3. The number of nitrogens with one attached hydrogen (secondary N) is 2. The van der Waals surface area contributed by atoms with Crippen molar-refractivity contribution in [3.05, 3.63) is 71.5 Å². The summed E-state index contributed by atoms with van der Waals surface area (Å²) in [5, 5.41) is 16.5. The number of aliphatic hydroxyl groups excluding tert-OH is 1. The molecule has 0 bridgehead atoms. The number of nitrogens with zero attached hydrogens (tertiary/aromatic N) is 2. The molecular formula is C26H30N4O3. The molecule has 33 heavy (non-hydrogen) atoms. The van der Waals surface area contributed by atoms with Crippen LogP contribution in [0.2, 0.25) is 0 Å². The van der Waals surface area contributed by atoms with Gasteiger partial charge in [0.15, 0.2) is 5.82 Å². The van der Waals surface area contributed by atoms with Gasteiger partial charge in [-0.15, -0.1) is 0 Å². The Kier molecular flexibility index (Phi) is 7.19. The van der Waals surface area contributed by atoms with Gasteiger partial charge < -0.3 is 20.5 Å². The molecule has 7 nitrogen and oxygen atoms in total. The first kappa shape index (κ1) is 22.7. The standard InChI is InChI=1S/C26H30N4O3/c1-17-7-8-20(26(32)30-22-5-3-4-6-24(22)31)13-23(17)27-14-18-15-28-25(29-16-18)19-9-11-21(33-2)12-10-19/h7-13,15-16,22,24,27,31H,3-6,14H2,1-2H3,(H,30,32)/t22-,24-/m0/s1. The summed E-state index contributed by atoms with van der Waals surface area (Å²) in [6.07, 6.45) is 6.73. The van der Waals surface area contributed by atoms with Gasteiger partial charge in [-0.05, 0) is 61.7 Å². The summed E-state index contributed by atoms with van der Waals surface area (Å²) in [7, 11) is 1.64. The summed E-state index contributed by atoms with van der Waals surface area (Å²) in [5.41, 5.74) is 4.36. The number of aromatic nitrogens is 2. The molecule has 0 radical (unpaired) electrons. The van der Waals surface area contributed by atoms with Gasteiger partial charge in [0.2, 0.25) is 0 Å². The first-order chi connectivity index (χ1) is 16.0. The molecule has 1 saturated carbocycles. The maximum atomic E-state index is 12.7. The fourth-order valence-corrected chi connectivity index (χ4v) is 4.02. The number of aryl methyl sites for hydroxylation is 1. The molecule has 1 heterocycles. The van der Waals surface area contributed by atoms with Gasteiger partial charge in [-0.3, -0.25) is 4.79 Å². The molecule has 1 fully saturated rings. The van der Waals surface area contributed by atoms with Crippen LogP contribution in [0.25, 0.3) is 11.4 Å². The third-order valence-corrected chi connectivity index (χ3v) is 6.08. The largest absolute Gasteiger partial charge is 0.497 e. The zero-order chi connectivity index (χ0) is 23.2. The van der Waals surface area contributed by atoms with Crippen molar-refractivity contribution in [2.45, 2.75) is 51.3 Å². The number of hydrogen-bond acceptors (Lipinski definition) is 6. The van der Waals surface area contributed by atoms with E-state index in [1.807, 2.05) is 49.4 Å². The van der Waals surface area contributed by atoms with Crippen molar-refractivity contribution >= 4 is 11.6 Å². The fourth-order valence-electron chi connectivity index (χ4n) is 4.02. The van der Waals surface area contributed by atoms with Gasteiger partial charge in [-0.2, -0.15) is 0 Å². The molecule has 1 aliphatic carbocycles. The van der Waals surface area contributed by atoms with Crippen LogP contribution in [0.4, 0.5) is 5.69 Å². The van der Waals surface area contributed by atoms with E-state index in [0.717, 1.165) is 53.8 Å². The first-order valence-corrected chi connectivity index (χ1v) is 11.3. The molecule has 7 heteroatoms. The van der Waals surface area contributed by atoms with Crippen molar-refractivity contribution in [2.75, 3.05) is 12.4 Å². The molecular weight excluding hydrogens is 416 g/mol. The lowest BCUT2D eigenvalue weighted by Crippen LogP contribution is -2.45. The predicted octanol–water partition coefficient (Wildman–Crippen LogP) is 4.11. The minimum atomic E-state index is -0.466. The number of methoxy groups -OCH3 is 1. The quantitative estimate of drug-likeness (QED) is 0.506. The Labute approximate surface area is 194 Å². The van der Waals surface area contributed by atoms with Crippen molar-refractivity contribution in [2.24, 2.45) is 0 Å². The van der Waals surface area contributed by atoms with E-state index < -0.39 is 6.10 Å². The topological polar surface area (TPSA) is 96.4 Å². The maximum Gasteiger partial charge on any atom is 0.251 e. The molecule has 3 N–H and O–H groups in total. The Morgan fingerprint density at radius 2 is 1.82 bits per heavy atom. The van der Waals surface area contributed by atoms with E-state index in [4.69, 9.17) is 4.74 Å². The van der Waals surface area contributed by atoms with Crippen LogP contribution in [0.1, 0.15) is 47.2 Å². The highest BCUT2D eigenvalue weighted by Crippen LogP contribution is 2.22. The zero-order valence-electron chi connectivity index (χ0n) is 19.0.